The van der Waals surface area contributed by atoms with E-state index >= 15 is 0 Å². The second-order valence-electron chi connectivity index (χ2n) is 4.93. The number of hydrogen-bond acceptors (Lipinski definition) is 3. The molecule has 0 fully saturated rings. The van der Waals surface area contributed by atoms with E-state index in [-0.39, 0.29) is 12.5 Å². The van der Waals surface area contributed by atoms with E-state index < -0.39 is 5.60 Å². The Kier molecular flexibility index (Phi) is 5.45. The molecule has 18 heavy (non-hydrogen) atoms. The summed E-state index contributed by atoms with van der Waals surface area (Å²) in [6, 6.07) is 5.22. The lowest BCUT2D eigenvalue weighted by Gasteiger charge is -2.19. The number of ether oxygens (including phenoxy) is 1. The van der Waals surface area contributed by atoms with Gasteiger partial charge >= 0.3 is 5.97 Å². The third-order valence-electron chi connectivity index (χ3n) is 2.01. The summed E-state index contributed by atoms with van der Waals surface area (Å²) in [7, 11) is 0. The van der Waals surface area contributed by atoms with Gasteiger partial charge in [0.25, 0.3) is 0 Å². The molecule has 0 heterocycles. The second kappa shape index (κ2) is 6.41. The van der Waals surface area contributed by atoms with Crippen LogP contribution in [-0.2, 0) is 16.1 Å². The first kappa shape index (κ1) is 15.3. The van der Waals surface area contributed by atoms with Crippen molar-refractivity contribution in [2.24, 2.45) is 0 Å². The molecule has 0 atom stereocenters. The molecule has 1 rings (SSSR count). The summed E-state index contributed by atoms with van der Waals surface area (Å²) in [6.07, 6.45) is 0. The minimum absolute atomic E-state index is 0.139. The lowest BCUT2D eigenvalue weighted by molar-refractivity contribution is -0.153. The zero-order valence-electron chi connectivity index (χ0n) is 10.7. The van der Waals surface area contributed by atoms with Crippen LogP contribution in [0.2, 0.25) is 10.0 Å². The van der Waals surface area contributed by atoms with Gasteiger partial charge in [-0.15, -0.1) is 0 Å². The van der Waals surface area contributed by atoms with E-state index in [4.69, 9.17) is 27.9 Å². The summed E-state index contributed by atoms with van der Waals surface area (Å²) >= 11 is 11.9. The molecule has 0 saturated heterocycles. The summed E-state index contributed by atoms with van der Waals surface area (Å²) in [4.78, 5) is 11.5. The Hall–Kier alpha value is -0.770. The van der Waals surface area contributed by atoms with Crippen LogP contribution in [0, 0.1) is 0 Å². The summed E-state index contributed by atoms with van der Waals surface area (Å²) in [5.74, 6) is -0.291. The fourth-order valence-corrected chi connectivity index (χ4v) is 1.73. The lowest BCUT2D eigenvalue weighted by Crippen LogP contribution is -2.31. The van der Waals surface area contributed by atoms with E-state index in [1.54, 1.807) is 18.2 Å². The third kappa shape index (κ3) is 5.71. The van der Waals surface area contributed by atoms with E-state index in [9.17, 15) is 4.79 Å². The third-order valence-corrected chi connectivity index (χ3v) is 2.62. The predicted octanol–water partition coefficient (Wildman–Crippen LogP) is 3.42. The molecule has 1 N–H and O–H groups in total. The van der Waals surface area contributed by atoms with Gasteiger partial charge in [-0.05, 0) is 44.5 Å². The molecule has 1 aromatic rings. The molecule has 1 aromatic carbocycles. The predicted molar refractivity (Wildman–Crippen MR) is 74.0 cm³/mol. The maximum absolute atomic E-state index is 11.5. The molecule has 0 saturated carbocycles. The first-order valence-electron chi connectivity index (χ1n) is 5.64. The minimum atomic E-state index is -0.466. The molecule has 3 nitrogen and oxygen atoms in total. The van der Waals surface area contributed by atoms with Gasteiger partial charge in [0.1, 0.15) is 5.60 Å². The number of hydrogen-bond donors (Lipinski definition) is 1. The van der Waals surface area contributed by atoms with Crippen LogP contribution in [0.5, 0.6) is 0 Å². The first-order chi connectivity index (χ1) is 8.28. The van der Waals surface area contributed by atoms with E-state index in [0.717, 1.165) is 5.56 Å². The van der Waals surface area contributed by atoms with Crippen LogP contribution < -0.4 is 5.32 Å². The Morgan fingerprint density at radius 1 is 1.33 bits per heavy atom. The van der Waals surface area contributed by atoms with Gasteiger partial charge < -0.3 is 10.1 Å². The smallest absolute Gasteiger partial charge is 0.320 e. The minimum Gasteiger partial charge on any atom is -0.459 e. The van der Waals surface area contributed by atoms with Crippen molar-refractivity contribution >= 4 is 29.2 Å². The molecule has 0 spiro atoms. The highest BCUT2D eigenvalue weighted by atomic mass is 35.5. The van der Waals surface area contributed by atoms with Crippen LogP contribution >= 0.6 is 23.2 Å². The Morgan fingerprint density at radius 2 is 2.00 bits per heavy atom. The molecule has 5 heteroatoms. The van der Waals surface area contributed by atoms with Crippen molar-refractivity contribution in [3.05, 3.63) is 33.8 Å². The Morgan fingerprint density at radius 3 is 2.61 bits per heavy atom. The highest BCUT2D eigenvalue weighted by Crippen LogP contribution is 2.20. The molecule has 0 radical (unpaired) electrons. The van der Waals surface area contributed by atoms with Crippen LogP contribution in [-0.4, -0.2) is 18.1 Å². The lowest BCUT2D eigenvalue weighted by atomic mass is 10.2. The zero-order chi connectivity index (χ0) is 13.8. The van der Waals surface area contributed by atoms with Crippen molar-refractivity contribution in [2.75, 3.05) is 6.54 Å². The fourth-order valence-electron chi connectivity index (χ4n) is 1.36. The number of esters is 1. The highest BCUT2D eigenvalue weighted by molar-refractivity contribution is 6.33. The van der Waals surface area contributed by atoms with Crippen LogP contribution in [0.15, 0.2) is 18.2 Å². The summed E-state index contributed by atoms with van der Waals surface area (Å²) in [5, 5.41) is 4.21. The number of nitrogens with one attached hydrogen (secondary N) is 1. The number of carbonyl (C=O) groups is 1. The Bertz CT molecular complexity index is 427. The maximum atomic E-state index is 11.5. The van der Waals surface area contributed by atoms with Crippen molar-refractivity contribution in [2.45, 2.75) is 32.9 Å². The standard InChI is InChI=1S/C13H17Cl2NO2/c1-13(2,3)18-12(17)8-16-7-9-6-10(14)4-5-11(9)15/h4-6,16H,7-8H2,1-3H3. The summed E-state index contributed by atoms with van der Waals surface area (Å²) in [6.45, 7) is 6.11. The number of halogens is 2. The van der Waals surface area contributed by atoms with Gasteiger partial charge in [0, 0.05) is 16.6 Å². The SMILES string of the molecule is CC(C)(C)OC(=O)CNCc1cc(Cl)ccc1Cl. The van der Waals surface area contributed by atoms with Gasteiger partial charge in [-0.2, -0.15) is 0 Å². The van der Waals surface area contributed by atoms with E-state index in [2.05, 4.69) is 5.32 Å². The quantitative estimate of drug-likeness (QED) is 0.863. The molecular formula is C13H17Cl2NO2. The van der Waals surface area contributed by atoms with Crippen molar-refractivity contribution in [1.29, 1.82) is 0 Å². The van der Waals surface area contributed by atoms with Crippen molar-refractivity contribution in [3.8, 4) is 0 Å². The summed E-state index contributed by atoms with van der Waals surface area (Å²) in [5.41, 5.74) is 0.389. The van der Waals surface area contributed by atoms with Gasteiger partial charge in [-0.25, -0.2) is 0 Å². The van der Waals surface area contributed by atoms with Crippen LogP contribution in [0.25, 0.3) is 0 Å². The largest absolute Gasteiger partial charge is 0.459 e. The first-order valence-corrected chi connectivity index (χ1v) is 6.40. The average Bonchev–Trinajstić information content (AvgIpc) is 2.20. The average molecular weight is 290 g/mol. The fraction of sp³-hybridized carbons (Fsp3) is 0.462. The molecular weight excluding hydrogens is 273 g/mol. The maximum Gasteiger partial charge on any atom is 0.320 e. The van der Waals surface area contributed by atoms with E-state index in [0.29, 0.717) is 16.6 Å². The molecule has 0 aromatic heterocycles. The Balaban J connectivity index is 2.42. The van der Waals surface area contributed by atoms with Gasteiger partial charge in [0.2, 0.25) is 0 Å². The normalized spacial score (nSPS) is 11.4. The molecule has 0 aliphatic rings. The molecule has 0 bridgehead atoms. The van der Waals surface area contributed by atoms with Gasteiger partial charge in [0.05, 0.1) is 6.54 Å². The Labute approximate surface area is 117 Å². The van der Waals surface area contributed by atoms with Crippen molar-refractivity contribution in [3.63, 3.8) is 0 Å². The van der Waals surface area contributed by atoms with Crippen LogP contribution in [0.4, 0.5) is 0 Å². The molecule has 0 aliphatic carbocycles. The number of benzene rings is 1. The van der Waals surface area contributed by atoms with Gasteiger partial charge in [-0.3, -0.25) is 4.79 Å². The van der Waals surface area contributed by atoms with Gasteiger partial charge in [-0.1, -0.05) is 23.2 Å². The monoisotopic (exact) mass is 289 g/mol. The summed E-state index contributed by atoms with van der Waals surface area (Å²) < 4.78 is 5.17. The van der Waals surface area contributed by atoms with E-state index in [1.165, 1.54) is 0 Å². The molecule has 100 valence electrons. The zero-order valence-corrected chi connectivity index (χ0v) is 12.2. The van der Waals surface area contributed by atoms with Crippen LogP contribution in [0.1, 0.15) is 26.3 Å². The topological polar surface area (TPSA) is 38.3 Å². The van der Waals surface area contributed by atoms with E-state index in [1.807, 2.05) is 20.8 Å². The van der Waals surface area contributed by atoms with Crippen LogP contribution in [0.3, 0.4) is 0 Å². The highest BCUT2D eigenvalue weighted by Gasteiger charge is 2.15. The second-order valence-corrected chi connectivity index (χ2v) is 5.77. The molecule has 0 unspecified atom stereocenters. The number of carbonyl (C=O) groups excluding carboxylic acids is 1. The van der Waals surface area contributed by atoms with Crippen molar-refractivity contribution in [1.82, 2.24) is 5.32 Å². The number of rotatable bonds is 4. The van der Waals surface area contributed by atoms with Crippen molar-refractivity contribution < 1.29 is 9.53 Å². The molecule has 0 amide bonds. The molecule has 0 aliphatic heterocycles. The van der Waals surface area contributed by atoms with Gasteiger partial charge in [0.15, 0.2) is 0 Å².